The minimum atomic E-state index is 1.23. The van der Waals surface area contributed by atoms with Gasteiger partial charge in [-0.15, -0.1) is 11.3 Å². The molecule has 3 aromatic rings. The zero-order valence-electron chi connectivity index (χ0n) is 8.29. The Morgan fingerprint density at radius 3 is 3.00 bits per heavy atom. The van der Waals surface area contributed by atoms with Crippen LogP contribution in [0.4, 0.5) is 0 Å². The Kier molecular flexibility index (Phi) is 1.37. The van der Waals surface area contributed by atoms with Gasteiger partial charge in [-0.05, 0) is 57.6 Å². The number of thiophene rings is 1. The number of rotatable bonds is 0. The molecule has 1 aliphatic rings. The highest BCUT2D eigenvalue weighted by molar-refractivity contribution is 7.17. The van der Waals surface area contributed by atoms with Crippen LogP contribution >= 0.6 is 11.3 Å². The van der Waals surface area contributed by atoms with Crippen molar-refractivity contribution in [2.45, 2.75) is 12.8 Å². The zero-order valence-corrected chi connectivity index (χ0v) is 9.10. The quantitative estimate of drug-likeness (QED) is 0.523. The summed E-state index contributed by atoms with van der Waals surface area (Å²) in [6, 6.07) is 11.3. The van der Waals surface area contributed by atoms with E-state index in [1.165, 1.54) is 39.3 Å². The molecule has 1 aliphatic carbocycles. The molecule has 0 bridgehead atoms. The number of aryl methyl sites for hydroxylation is 2. The number of benzene rings is 2. The van der Waals surface area contributed by atoms with Crippen molar-refractivity contribution in [2.75, 3.05) is 0 Å². The monoisotopic (exact) mass is 210 g/mol. The van der Waals surface area contributed by atoms with E-state index in [0.717, 1.165) is 0 Å². The molecule has 0 unspecified atom stereocenters. The third-order valence-corrected chi connectivity index (χ3v) is 4.40. The van der Waals surface area contributed by atoms with Gasteiger partial charge in [-0.2, -0.15) is 0 Å². The van der Waals surface area contributed by atoms with E-state index in [-0.39, 0.29) is 0 Å². The first-order valence-electron chi connectivity index (χ1n) is 5.34. The van der Waals surface area contributed by atoms with E-state index in [0.29, 0.717) is 0 Å². The highest BCUT2D eigenvalue weighted by Gasteiger charge is 2.17. The molecule has 0 fully saturated rings. The third-order valence-electron chi connectivity index (χ3n) is 3.41. The molecule has 15 heavy (non-hydrogen) atoms. The van der Waals surface area contributed by atoms with Gasteiger partial charge in [0.1, 0.15) is 0 Å². The van der Waals surface area contributed by atoms with E-state index in [2.05, 4.69) is 35.7 Å². The van der Waals surface area contributed by atoms with Crippen molar-refractivity contribution in [3.05, 3.63) is 46.8 Å². The van der Waals surface area contributed by atoms with Gasteiger partial charge in [0.25, 0.3) is 0 Å². The summed E-state index contributed by atoms with van der Waals surface area (Å²) in [5.74, 6) is 0. The second kappa shape index (κ2) is 2.61. The van der Waals surface area contributed by atoms with Gasteiger partial charge < -0.3 is 0 Å². The lowest BCUT2D eigenvalue weighted by Gasteiger charge is -2.02. The predicted molar refractivity (Wildman–Crippen MR) is 66.7 cm³/mol. The summed E-state index contributed by atoms with van der Waals surface area (Å²) in [6.45, 7) is 0. The van der Waals surface area contributed by atoms with Gasteiger partial charge in [0, 0.05) is 4.70 Å². The molecule has 0 radical (unpaired) electrons. The average molecular weight is 210 g/mol. The molecule has 0 amide bonds. The summed E-state index contributed by atoms with van der Waals surface area (Å²) in [6.07, 6.45) is 2.46. The van der Waals surface area contributed by atoms with Crippen molar-refractivity contribution in [2.24, 2.45) is 0 Å². The summed E-state index contributed by atoms with van der Waals surface area (Å²) in [4.78, 5) is 0. The summed E-state index contributed by atoms with van der Waals surface area (Å²) in [5, 5.41) is 6.58. The molecule has 1 aromatic heterocycles. The first-order valence-corrected chi connectivity index (χ1v) is 6.22. The molecule has 0 saturated heterocycles. The fraction of sp³-hybridized carbons (Fsp3) is 0.143. The highest BCUT2D eigenvalue weighted by atomic mass is 32.1. The molecule has 2 aromatic carbocycles. The molecule has 4 rings (SSSR count). The van der Waals surface area contributed by atoms with Gasteiger partial charge in [0.2, 0.25) is 0 Å². The van der Waals surface area contributed by atoms with Crippen LogP contribution in [0.2, 0.25) is 0 Å². The normalized spacial score (nSPS) is 14.1. The van der Waals surface area contributed by atoms with Gasteiger partial charge in [-0.25, -0.2) is 0 Å². The molecule has 0 aliphatic heterocycles. The fourth-order valence-corrected chi connectivity index (χ4v) is 3.73. The maximum Gasteiger partial charge on any atom is 0.0381 e. The van der Waals surface area contributed by atoms with Crippen LogP contribution in [0.25, 0.3) is 20.9 Å². The lowest BCUT2D eigenvalue weighted by atomic mass is 10.0. The van der Waals surface area contributed by atoms with E-state index in [1.807, 2.05) is 11.3 Å². The standard InChI is InChI=1S/C14H10S/c1-2-9-4-5-12-13(9)10(3-1)8-11-6-7-15-14(11)12/h1-3,6-8H,4-5H2. The van der Waals surface area contributed by atoms with Crippen molar-refractivity contribution >= 4 is 32.2 Å². The van der Waals surface area contributed by atoms with E-state index in [1.54, 1.807) is 5.56 Å². The van der Waals surface area contributed by atoms with Gasteiger partial charge in [-0.1, -0.05) is 18.2 Å². The molecule has 0 N–H and O–H groups in total. The molecule has 0 atom stereocenters. The molecule has 72 valence electrons. The van der Waals surface area contributed by atoms with Crippen LogP contribution < -0.4 is 0 Å². The molecular formula is C14H10S. The Hall–Kier alpha value is -1.34. The SMILES string of the molecule is c1cc2c3c(c4sccc4cc3c1)CC2. The van der Waals surface area contributed by atoms with Crippen molar-refractivity contribution < 1.29 is 0 Å². The zero-order chi connectivity index (χ0) is 9.83. The minimum absolute atomic E-state index is 1.23. The number of hydrogen-bond acceptors (Lipinski definition) is 1. The second-order valence-corrected chi connectivity index (χ2v) is 5.13. The fourth-order valence-electron chi connectivity index (χ4n) is 2.77. The first kappa shape index (κ1) is 7.89. The van der Waals surface area contributed by atoms with Gasteiger partial charge >= 0.3 is 0 Å². The Morgan fingerprint density at radius 2 is 2.00 bits per heavy atom. The van der Waals surface area contributed by atoms with Crippen LogP contribution in [0, 0.1) is 0 Å². The molecule has 0 spiro atoms. The largest absolute Gasteiger partial charge is 0.144 e. The van der Waals surface area contributed by atoms with Crippen molar-refractivity contribution in [1.29, 1.82) is 0 Å². The van der Waals surface area contributed by atoms with Crippen LogP contribution in [0.3, 0.4) is 0 Å². The molecule has 1 heteroatoms. The van der Waals surface area contributed by atoms with Crippen LogP contribution in [0.15, 0.2) is 35.7 Å². The molecular weight excluding hydrogens is 200 g/mol. The maximum atomic E-state index is 2.33. The van der Waals surface area contributed by atoms with Gasteiger partial charge in [-0.3, -0.25) is 0 Å². The highest BCUT2D eigenvalue weighted by Crippen LogP contribution is 2.38. The second-order valence-electron chi connectivity index (χ2n) is 4.21. The van der Waals surface area contributed by atoms with Gasteiger partial charge in [0.15, 0.2) is 0 Å². The van der Waals surface area contributed by atoms with Crippen LogP contribution in [0.1, 0.15) is 11.1 Å². The summed E-state index contributed by atoms with van der Waals surface area (Å²) >= 11 is 1.89. The maximum absolute atomic E-state index is 2.33. The molecule has 0 nitrogen and oxygen atoms in total. The Labute approximate surface area is 92.2 Å². The Bertz CT molecular complexity index is 676. The summed E-state index contributed by atoms with van der Waals surface area (Å²) in [7, 11) is 0. The van der Waals surface area contributed by atoms with Crippen molar-refractivity contribution in [3.8, 4) is 0 Å². The van der Waals surface area contributed by atoms with Crippen LogP contribution in [-0.4, -0.2) is 0 Å². The van der Waals surface area contributed by atoms with Crippen LogP contribution in [-0.2, 0) is 12.8 Å². The summed E-state index contributed by atoms with van der Waals surface area (Å²) in [5.41, 5.74) is 3.13. The average Bonchev–Trinajstić information content (AvgIpc) is 2.85. The number of fused-ring (bicyclic) bond motifs is 2. The molecule has 1 heterocycles. The lowest BCUT2D eigenvalue weighted by Crippen LogP contribution is -1.79. The number of hydrogen-bond donors (Lipinski definition) is 0. The summed E-state index contributed by atoms with van der Waals surface area (Å²) < 4.78 is 1.51. The Morgan fingerprint density at radius 1 is 1.00 bits per heavy atom. The minimum Gasteiger partial charge on any atom is -0.144 e. The van der Waals surface area contributed by atoms with E-state index in [4.69, 9.17) is 0 Å². The first-order chi connectivity index (χ1) is 7.43. The predicted octanol–water partition coefficient (Wildman–Crippen LogP) is 4.15. The van der Waals surface area contributed by atoms with Crippen molar-refractivity contribution in [3.63, 3.8) is 0 Å². The Balaban J connectivity index is 2.37. The van der Waals surface area contributed by atoms with Crippen LogP contribution in [0.5, 0.6) is 0 Å². The van der Waals surface area contributed by atoms with Crippen molar-refractivity contribution in [1.82, 2.24) is 0 Å². The van der Waals surface area contributed by atoms with E-state index >= 15 is 0 Å². The lowest BCUT2D eigenvalue weighted by molar-refractivity contribution is 1.03. The topological polar surface area (TPSA) is 0 Å². The van der Waals surface area contributed by atoms with E-state index in [9.17, 15) is 0 Å². The third kappa shape index (κ3) is 0.915. The molecule has 0 saturated carbocycles. The van der Waals surface area contributed by atoms with E-state index < -0.39 is 0 Å². The smallest absolute Gasteiger partial charge is 0.0381 e. The van der Waals surface area contributed by atoms with Gasteiger partial charge in [0.05, 0.1) is 0 Å².